The molecule has 0 spiro atoms. The normalized spacial score (nSPS) is 21.9. The Morgan fingerprint density at radius 2 is 2.04 bits per heavy atom. The first-order valence-corrected chi connectivity index (χ1v) is 9.60. The molecule has 1 aliphatic carbocycles. The highest BCUT2D eigenvalue weighted by molar-refractivity contribution is 7.17. The molecular formula is C19H22N2O2S. The first-order chi connectivity index (χ1) is 11.6. The van der Waals surface area contributed by atoms with Gasteiger partial charge in [0.05, 0.1) is 6.04 Å². The van der Waals surface area contributed by atoms with Gasteiger partial charge in [-0.3, -0.25) is 9.59 Å². The zero-order valence-corrected chi connectivity index (χ0v) is 14.6. The third-order valence-corrected chi connectivity index (χ3v) is 6.08. The topological polar surface area (TPSA) is 49.4 Å². The van der Waals surface area contributed by atoms with E-state index in [1.54, 1.807) is 11.3 Å². The Morgan fingerprint density at radius 1 is 1.25 bits per heavy atom. The number of carbonyl (C=O) groups is 2. The van der Waals surface area contributed by atoms with Crippen LogP contribution in [0.25, 0.3) is 10.1 Å². The lowest BCUT2D eigenvalue weighted by Crippen LogP contribution is -2.47. The number of rotatable bonds is 4. The van der Waals surface area contributed by atoms with Crippen molar-refractivity contribution in [3.05, 3.63) is 35.2 Å². The van der Waals surface area contributed by atoms with Crippen molar-refractivity contribution in [1.82, 2.24) is 10.2 Å². The fourth-order valence-corrected chi connectivity index (χ4v) is 4.64. The fraction of sp³-hybridized carbons (Fsp3) is 0.474. The van der Waals surface area contributed by atoms with Crippen LogP contribution in [0.3, 0.4) is 0 Å². The van der Waals surface area contributed by atoms with Gasteiger partial charge in [0.2, 0.25) is 11.8 Å². The molecule has 2 fully saturated rings. The molecule has 5 heteroatoms. The number of hydrogen-bond acceptors (Lipinski definition) is 3. The maximum Gasteiger partial charge on any atom is 0.243 e. The number of amides is 2. The average Bonchev–Trinajstić information content (AvgIpc) is 3.16. The first kappa shape index (κ1) is 15.6. The van der Waals surface area contributed by atoms with Gasteiger partial charge >= 0.3 is 0 Å². The van der Waals surface area contributed by atoms with Gasteiger partial charge in [0.1, 0.15) is 6.04 Å². The predicted molar refractivity (Wildman–Crippen MR) is 95.8 cm³/mol. The number of nitrogens with zero attached hydrogens (tertiary/aromatic N) is 1. The Labute approximate surface area is 145 Å². The molecule has 1 aliphatic heterocycles. The number of nitrogens with one attached hydrogen (secondary N) is 1. The van der Waals surface area contributed by atoms with Gasteiger partial charge in [0, 0.05) is 17.2 Å². The van der Waals surface area contributed by atoms with Crippen molar-refractivity contribution in [2.24, 2.45) is 5.92 Å². The van der Waals surface area contributed by atoms with E-state index in [9.17, 15) is 9.59 Å². The number of thiophene rings is 1. The number of benzene rings is 1. The largest absolute Gasteiger partial charge is 0.348 e. The van der Waals surface area contributed by atoms with Crippen molar-refractivity contribution in [2.75, 3.05) is 6.54 Å². The summed E-state index contributed by atoms with van der Waals surface area (Å²) in [7, 11) is 0. The summed E-state index contributed by atoms with van der Waals surface area (Å²) in [4.78, 5) is 26.9. The molecule has 2 heterocycles. The molecule has 24 heavy (non-hydrogen) atoms. The second-order valence-corrected chi connectivity index (χ2v) is 7.79. The van der Waals surface area contributed by atoms with E-state index >= 15 is 0 Å². The minimum atomic E-state index is -0.287. The van der Waals surface area contributed by atoms with Gasteiger partial charge in [0.25, 0.3) is 0 Å². The summed E-state index contributed by atoms with van der Waals surface area (Å²) in [5.74, 6) is 0.349. The summed E-state index contributed by atoms with van der Waals surface area (Å²) in [5, 5.41) is 6.46. The smallest absolute Gasteiger partial charge is 0.243 e. The van der Waals surface area contributed by atoms with Crippen LogP contribution in [-0.4, -0.2) is 29.3 Å². The van der Waals surface area contributed by atoms with E-state index in [2.05, 4.69) is 22.8 Å². The Bertz CT molecular complexity index is 781. The standard InChI is InChI=1S/C19H22N2O2S/c1-12(15-11-24-17-7-3-2-5-14(15)17)20-18(22)16-6-4-10-21(16)19(23)13-8-9-13/h2-3,5,7,11-13,16H,4,6,8-10H2,1H3,(H,20,22)/t12-,16+/m0/s1. The van der Waals surface area contributed by atoms with Crippen LogP contribution >= 0.6 is 11.3 Å². The summed E-state index contributed by atoms with van der Waals surface area (Å²) < 4.78 is 1.24. The molecule has 2 aromatic rings. The van der Waals surface area contributed by atoms with E-state index in [-0.39, 0.29) is 29.8 Å². The van der Waals surface area contributed by atoms with Crippen LogP contribution in [-0.2, 0) is 9.59 Å². The van der Waals surface area contributed by atoms with Gasteiger partial charge in [-0.2, -0.15) is 0 Å². The molecule has 1 saturated heterocycles. The number of fused-ring (bicyclic) bond motifs is 1. The molecule has 1 aromatic carbocycles. The van der Waals surface area contributed by atoms with Gasteiger partial charge in [-0.15, -0.1) is 11.3 Å². The molecule has 1 N–H and O–H groups in total. The van der Waals surface area contributed by atoms with Gasteiger partial charge < -0.3 is 10.2 Å². The monoisotopic (exact) mass is 342 g/mol. The van der Waals surface area contributed by atoms with Crippen LogP contribution in [0, 0.1) is 5.92 Å². The second-order valence-electron chi connectivity index (χ2n) is 6.88. The van der Waals surface area contributed by atoms with Crippen LogP contribution in [0.15, 0.2) is 29.6 Å². The van der Waals surface area contributed by atoms with E-state index in [0.717, 1.165) is 37.8 Å². The molecule has 2 aliphatic rings. The first-order valence-electron chi connectivity index (χ1n) is 8.72. The highest BCUT2D eigenvalue weighted by Gasteiger charge is 2.41. The molecule has 2 amide bonds. The molecule has 4 nitrogen and oxygen atoms in total. The van der Waals surface area contributed by atoms with Crippen LogP contribution < -0.4 is 5.32 Å². The van der Waals surface area contributed by atoms with Crippen molar-refractivity contribution in [1.29, 1.82) is 0 Å². The summed E-state index contributed by atoms with van der Waals surface area (Å²) in [6.45, 7) is 2.75. The third kappa shape index (κ3) is 2.81. The average molecular weight is 342 g/mol. The summed E-state index contributed by atoms with van der Waals surface area (Å²) in [6.07, 6.45) is 3.68. The van der Waals surface area contributed by atoms with E-state index < -0.39 is 0 Å². The maximum absolute atomic E-state index is 12.7. The summed E-state index contributed by atoms with van der Waals surface area (Å²) >= 11 is 1.70. The molecule has 1 aromatic heterocycles. The third-order valence-electron chi connectivity index (χ3n) is 5.10. The van der Waals surface area contributed by atoms with Crippen LogP contribution in [0.1, 0.15) is 44.2 Å². The lowest BCUT2D eigenvalue weighted by atomic mass is 10.1. The van der Waals surface area contributed by atoms with Crippen molar-refractivity contribution >= 4 is 33.2 Å². The fourth-order valence-electron chi connectivity index (χ4n) is 3.59. The Kier molecular flexibility index (Phi) is 4.04. The molecule has 2 atom stereocenters. The van der Waals surface area contributed by atoms with Gasteiger partial charge in [-0.1, -0.05) is 18.2 Å². The Balaban J connectivity index is 1.47. The van der Waals surface area contributed by atoms with E-state index in [0.29, 0.717) is 0 Å². The van der Waals surface area contributed by atoms with Gasteiger partial charge in [0.15, 0.2) is 0 Å². The SMILES string of the molecule is C[C@H](NC(=O)[C@H]1CCCN1C(=O)C1CC1)c1csc2ccccc12. The number of likely N-dealkylation sites (tertiary alicyclic amines) is 1. The van der Waals surface area contributed by atoms with Crippen LogP contribution in [0.4, 0.5) is 0 Å². The number of hydrogen-bond donors (Lipinski definition) is 1. The van der Waals surface area contributed by atoms with Crippen LogP contribution in [0.2, 0.25) is 0 Å². The van der Waals surface area contributed by atoms with E-state index in [1.165, 1.54) is 10.1 Å². The number of carbonyl (C=O) groups excluding carboxylic acids is 2. The lowest BCUT2D eigenvalue weighted by molar-refractivity contribution is -0.139. The van der Waals surface area contributed by atoms with Crippen LogP contribution in [0.5, 0.6) is 0 Å². The van der Waals surface area contributed by atoms with Crippen molar-refractivity contribution in [3.8, 4) is 0 Å². The second kappa shape index (κ2) is 6.20. The highest BCUT2D eigenvalue weighted by Crippen LogP contribution is 2.34. The van der Waals surface area contributed by atoms with Crippen molar-refractivity contribution in [3.63, 3.8) is 0 Å². The molecular weight excluding hydrogens is 320 g/mol. The zero-order valence-electron chi connectivity index (χ0n) is 13.8. The van der Waals surface area contributed by atoms with Crippen molar-refractivity contribution in [2.45, 2.75) is 44.7 Å². The quantitative estimate of drug-likeness (QED) is 0.925. The van der Waals surface area contributed by atoms with E-state index in [1.807, 2.05) is 24.0 Å². The molecule has 126 valence electrons. The zero-order chi connectivity index (χ0) is 16.7. The summed E-state index contributed by atoms with van der Waals surface area (Å²) in [6, 6.07) is 7.93. The highest BCUT2D eigenvalue weighted by atomic mass is 32.1. The Morgan fingerprint density at radius 3 is 2.83 bits per heavy atom. The van der Waals surface area contributed by atoms with Gasteiger partial charge in [-0.05, 0) is 55.0 Å². The maximum atomic E-state index is 12.7. The molecule has 0 bridgehead atoms. The van der Waals surface area contributed by atoms with E-state index in [4.69, 9.17) is 0 Å². The molecule has 4 rings (SSSR count). The minimum absolute atomic E-state index is 0.00992. The molecule has 0 radical (unpaired) electrons. The van der Waals surface area contributed by atoms with Crippen molar-refractivity contribution < 1.29 is 9.59 Å². The Hall–Kier alpha value is -1.88. The minimum Gasteiger partial charge on any atom is -0.348 e. The predicted octanol–water partition coefficient (Wildman–Crippen LogP) is 3.48. The lowest BCUT2D eigenvalue weighted by Gasteiger charge is -2.25. The molecule has 0 unspecified atom stereocenters. The molecule has 1 saturated carbocycles. The van der Waals surface area contributed by atoms with Gasteiger partial charge in [-0.25, -0.2) is 0 Å². The summed E-state index contributed by atoms with van der Waals surface area (Å²) in [5.41, 5.74) is 1.15.